The lowest BCUT2D eigenvalue weighted by Crippen LogP contribution is -2.51. The van der Waals surface area contributed by atoms with Crippen LogP contribution < -0.4 is 16.0 Å². The van der Waals surface area contributed by atoms with Gasteiger partial charge in [0.15, 0.2) is 0 Å². The minimum Gasteiger partial charge on any atom is -0.441 e. The van der Waals surface area contributed by atoms with Crippen molar-refractivity contribution in [1.29, 1.82) is 0 Å². The van der Waals surface area contributed by atoms with Crippen molar-refractivity contribution in [3.63, 3.8) is 0 Å². The van der Waals surface area contributed by atoms with Crippen LogP contribution in [0.5, 0.6) is 0 Å². The van der Waals surface area contributed by atoms with Crippen molar-refractivity contribution in [2.45, 2.75) is 114 Å². The molecule has 10 heteroatoms. The van der Waals surface area contributed by atoms with Gasteiger partial charge in [-0.05, 0) is 73.4 Å². The van der Waals surface area contributed by atoms with E-state index in [2.05, 4.69) is 16.0 Å². The van der Waals surface area contributed by atoms with Crippen LogP contribution in [0.1, 0.15) is 101 Å². The smallest absolute Gasteiger partial charge is 0.408 e. The largest absolute Gasteiger partial charge is 0.441 e. The zero-order chi connectivity index (χ0) is 32.5. The monoisotopic (exact) mass is 669 g/mol. The topological polar surface area (TPSA) is 114 Å². The third-order valence-electron chi connectivity index (χ3n) is 9.92. The SMILES string of the molecule is O=CC(CC1CC2(CCCCC2)NC1=O)NC(=O)[C@H](CC1CCCCC1)NC(=O)OC(Cc1cccc(Cl)c1)c1cccc(Cl)c1. The Hall–Kier alpha value is -3.10. The second kappa shape index (κ2) is 16.1. The van der Waals surface area contributed by atoms with Gasteiger partial charge in [-0.15, -0.1) is 0 Å². The Morgan fingerprint density at radius 3 is 2.33 bits per heavy atom. The van der Waals surface area contributed by atoms with Crippen molar-refractivity contribution in [2.75, 3.05) is 0 Å². The molecule has 2 saturated carbocycles. The van der Waals surface area contributed by atoms with Crippen LogP contribution in [-0.4, -0.2) is 41.8 Å². The summed E-state index contributed by atoms with van der Waals surface area (Å²) < 4.78 is 5.97. The second-order valence-electron chi connectivity index (χ2n) is 13.4. The highest BCUT2D eigenvalue weighted by atomic mass is 35.5. The molecule has 248 valence electrons. The maximum absolute atomic E-state index is 13.7. The van der Waals surface area contributed by atoms with Crippen molar-refractivity contribution in [3.05, 3.63) is 69.7 Å². The Morgan fingerprint density at radius 2 is 1.63 bits per heavy atom. The molecule has 2 aromatic rings. The van der Waals surface area contributed by atoms with E-state index in [9.17, 15) is 19.2 Å². The Bertz CT molecular complexity index is 1370. The number of ether oxygens (including phenoxy) is 1. The van der Waals surface area contributed by atoms with E-state index in [-0.39, 0.29) is 29.7 Å². The summed E-state index contributed by atoms with van der Waals surface area (Å²) in [6.07, 6.45) is 11.5. The van der Waals surface area contributed by atoms with E-state index < -0.39 is 30.2 Å². The molecule has 1 aliphatic heterocycles. The summed E-state index contributed by atoms with van der Waals surface area (Å²) in [5.41, 5.74) is 1.40. The molecule has 1 saturated heterocycles. The first-order valence-corrected chi connectivity index (χ1v) is 17.5. The van der Waals surface area contributed by atoms with Gasteiger partial charge in [0, 0.05) is 27.9 Å². The standard InChI is InChI=1S/C36H45Cl2N3O5/c37-28-13-7-11-25(17-28)19-32(26-12-8-14-29(38)20-26)46-35(45)40-31(18-24-9-3-1-4-10-24)34(44)39-30(23-42)21-27-22-36(41-33(27)43)15-5-2-6-16-36/h7-8,11-14,17,20,23-24,27,30-32H,1-6,9-10,15-16,18-19,21-22H2,(H,39,44)(H,40,45)(H,41,43)/t27?,30?,31-,32?/m0/s1. The van der Waals surface area contributed by atoms with Gasteiger partial charge >= 0.3 is 6.09 Å². The lowest BCUT2D eigenvalue weighted by Gasteiger charge is -2.33. The van der Waals surface area contributed by atoms with Crippen LogP contribution >= 0.6 is 23.2 Å². The normalized spacial score (nSPS) is 21.5. The zero-order valence-corrected chi connectivity index (χ0v) is 27.8. The first-order valence-electron chi connectivity index (χ1n) is 16.8. The molecule has 3 amide bonds. The van der Waals surface area contributed by atoms with Gasteiger partial charge in [-0.2, -0.15) is 0 Å². The summed E-state index contributed by atoms with van der Waals surface area (Å²) in [7, 11) is 0. The van der Waals surface area contributed by atoms with Crippen LogP contribution in [0.2, 0.25) is 10.0 Å². The molecule has 4 atom stereocenters. The highest BCUT2D eigenvalue weighted by Gasteiger charge is 2.45. The summed E-state index contributed by atoms with van der Waals surface area (Å²) >= 11 is 12.5. The van der Waals surface area contributed by atoms with E-state index in [0.717, 1.165) is 63.4 Å². The maximum Gasteiger partial charge on any atom is 0.408 e. The number of carbonyl (C=O) groups excluding carboxylic acids is 4. The van der Waals surface area contributed by atoms with E-state index in [1.807, 2.05) is 24.3 Å². The number of hydrogen-bond acceptors (Lipinski definition) is 5. The van der Waals surface area contributed by atoms with E-state index in [0.29, 0.717) is 41.2 Å². The summed E-state index contributed by atoms with van der Waals surface area (Å²) in [4.78, 5) is 52.3. The van der Waals surface area contributed by atoms with Crippen LogP contribution in [0.3, 0.4) is 0 Å². The van der Waals surface area contributed by atoms with E-state index in [1.165, 1.54) is 6.42 Å². The molecular formula is C36H45Cl2N3O5. The number of hydrogen-bond donors (Lipinski definition) is 3. The first-order chi connectivity index (χ1) is 22.2. The van der Waals surface area contributed by atoms with Crippen molar-refractivity contribution in [1.82, 2.24) is 16.0 Å². The van der Waals surface area contributed by atoms with E-state index in [4.69, 9.17) is 27.9 Å². The van der Waals surface area contributed by atoms with Crippen LogP contribution in [0.25, 0.3) is 0 Å². The number of amides is 3. The molecular weight excluding hydrogens is 625 g/mol. The summed E-state index contributed by atoms with van der Waals surface area (Å²) in [5, 5.41) is 9.97. The fraction of sp³-hybridized carbons (Fsp3) is 0.556. The fourth-order valence-corrected chi connectivity index (χ4v) is 7.98. The molecule has 8 nitrogen and oxygen atoms in total. The highest BCUT2D eigenvalue weighted by molar-refractivity contribution is 6.30. The number of halogens is 2. The number of rotatable bonds is 12. The molecule has 3 N–H and O–H groups in total. The zero-order valence-electron chi connectivity index (χ0n) is 26.3. The molecule has 3 unspecified atom stereocenters. The number of aldehydes is 1. The molecule has 2 aromatic carbocycles. The number of carbonyl (C=O) groups is 4. The van der Waals surface area contributed by atoms with Crippen LogP contribution in [0.4, 0.5) is 4.79 Å². The Labute approximate surface area is 281 Å². The summed E-state index contributed by atoms with van der Waals surface area (Å²) in [6, 6.07) is 12.7. The first kappa shape index (κ1) is 34.2. The van der Waals surface area contributed by atoms with Crippen LogP contribution in [-0.2, 0) is 25.5 Å². The van der Waals surface area contributed by atoms with Crippen molar-refractivity contribution in [2.24, 2.45) is 11.8 Å². The highest BCUT2D eigenvalue weighted by Crippen LogP contribution is 2.39. The van der Waals surface area contributed by atoms with Crippen molar-refractivity contribution >= 4 is 47.4 Å². The summed E-state index contributed by atoms with van der Waals surface area (Å²) in [6.45, 7) is 0. The number of nitrogens with one attached hydrogen (secondary N) is 3. The number of benzene rings is 2. The van der Waals surface area contributed by atoms with Gasteiger partial charge in [-0.3, -0.25) is 9.59 Å². The maximum atomic E-state index is 13.7. The molecule has 3 aliphatic rings. The van der Waals surface area contributed by atoms with Gasteiger partial charge in [-0.1, -0.05) is 98.8 Å². The van der Waals surface area contributed by atoms with Crippen molar-refractivity contribution in [3.8, 4) is 0 Å². The molecule has 5 rings (SSSR count). The predicted molar refractivity (Wildman–Crippen MR) is 179 cm³/mol. The second-order valence-corrected chi connectivity index (χ2v) is 14.3. The quantitative estimate of drug-likeness (QED) is 0.206. The van der Waals surface area contributed by atoms with Crippen molar-refractivity contribution < 1.29 is 23.9 Å². The molecule has 3 fully saturated rings. The average molecular weight is 671 g/mol. The Kier molecular flexibility index (Phi) is 12.0. The molecule has 46 heavy (non-hydrogen) atoms. The Morgan fingerprint density at radius 1 is 0.935 bits per heavy atom. The third-order valence-corrected chi connectivity index (χ3v) is 10.4. The van der Waals surface area contributed by atoms with E-state index >= 15 is 0 Å². The number of alkyl carbamates (subject to hydrolysis) is 1. The minimum absolute atomic E-state index is 0.0461. The lowest BCUT2D eigenvalue weighted by molar-refractivity contribution is -0.127. The average Bonchev–Trinajstić information content (AvgIpc) is 3.33. The predicted octanol–water partition coefficient (Wildman–Crippen LogP) is 7.26. The summed E-state index contributed by atoms with van der Waals surface area (Å²) in [5.74, 6) is -0.565. The molecule has 0 radical (unpaired) electrons. The molecule has 2 aliphatic carbocycles. The molecule has 1 spiro atoms. The van der Waals surface area contributed by atoms with Gasteiger partial charge in [0.1, 0.15) is 18.4 Å². The third kappa shape index (κ3) is 9.47. The van der Waals surface area contributed by atoms with Gasteiger partial charge < -0.3 is 25.5 Å². The Balaban J connectivity index is 1.27. The minimum atomic E-state index is -0.897. The fourth-order valence-electron chi connectivity index (χ4n) is 7.57. The van der Waals surface area contributed by atoms with Crippen LogP contribution in [0, 0.1) is 11.8 Å². The van der Waals surface area contributed by atoms with Crippen LogP contribution in [0.15, 0.2) is 48.5 Å². The van der Waals surface area contributed by atoms with Gasteiger partial charge in [-0.25, -0.2) is 4.79 Å². The molecule has 1 heterocycles. The molecule has 0 aromatic heterocycles. The van der Waals surface area contributed by atoms with Gasteiger partial charge in [0.05, 0.1) is 6.04 Å². The van der Waals surface area contributed by atoms with Gasteiger partial charge in [0.2, 0.25) is 11.8 Å². The van der Waals surface area contributed by atoms with E-state index in [1.54, 1.807) is 24.3 Å². The molecule has 0 bridgehead atoms. The lowest BCUT2D eigenvalue weighted by atomic mass is 9.78. The van der Waals surface area contributed by atoms with Gasteiger partial charge in [0.25, 0.3) is 0 Å².